The lowest BCUT2D eigenvalue weighted by atomic mass is 10.0. The molecule has 3 rings (SSSR count). The summed E-state index contributed by atoms with van der Waals surface area (Å²) < 4.78 is 0. The third-order valence-corrected chi connectivity index (χ3v) is 4.32. The van der Waals surface area contributed by atoms with Gasteiger partial charge >= 0.3 is 0 Å². The van der Waals surface area contributed by atoms with Gasteiger partial charge in [-0.3, -0.25) is 14.9 Å². The van der Waals surface area contributed by atoms with Crippen molar-refractivity contribution in [3.05, 3.63) is 59.7 Å². The van der Waals surface area contributed by atoms with E-state index < -0.39 is 0 Å². The Bertz CT molecular complexity index is 568. The number of pyridine rings is 2. The highest BCUT2D eigenvalue weighted by Crippen LogP contribution is 2.23. The van der Waals surface area contributed by atoms with Crippen molar-refractivity contribution in [2.45, 2.75) is 45.2 Å². The molecule has 21 heavy (non-hydrogen) atoms. The molecule has 0 aliphatic carbocycles. The molecule has 1 unspecified atom stereocenters. The molecule has 0 bridgehead atoms. The Morgan fingerprint density at radius 1 is 1.19 bits per heavy atom. The van der Waals surface area contributed by atoms with Gasteiger partial charge in [0.2, 0.25) is 0 Å². The van der Waals surface area contributed by atoms with Gasteiger partial charge in [0.1, 0.15) is 0 Å². The molecule has 2 aromatic heterocycles. The lowest BCUT2D eigenvalue weighted by Gasteiger charge is -2.24. The summed E-state index contributed by atoms with van der Waals surface area (Å²) in [4.78, 5) is 11.3. The zero-order chi connectivity index (χ0) is 14.5. The summed E-state index contributed by atoms with van der Waals surface area (Å²) in [5, 5.41) is 0. The summed E-state index contributed by atoms with van der Waals surface area (Å²) in [6.07, 6.45) is 8.82. The molecule has 2 aromatic rings. The molecule has 0 amide bonds. The highest BCUT2D eigenvalue weighted by molar-refractivity contribution is 5.15. The van der Waals surface area contributed by atoms with E-state index in [-0.39, 0.29) is 0 Å². The Kier molecular flexibility index (Phi) is 4.61. The van der Waals surface area contributed by atoms with Gasteiger partial charge < -0.3 is 0 Å². The fraction of sp³-hybridized carbons (Fsp3) is 0.444. The molecule has 3 heteroatoms. The third kappa shape index (κ3) is 3.88. The Labute approximate surface area is 127 Å². The fourth-order valence-electron chi connectivity index (χ4n) is 3.22. The van der Waals surface area contributed by atoms with Gasteiger partial charge in [-0.25, -0.2) is 0 Å². The van der Waals surface area contributed by atoms with Crippen molar-refractivity contribution in [3.8, 4) is 0 Å². The minimum Gasteiger partial charge on any atom is -0.295 e. The summed E-state index contributed by atoms with van der Waals surface area (Å²) in [6, 6.07) is 11.2. The number of nitrogens with zero attached hydrogens (tertiary/aromatic N) is 3. The largest absolute Gasteiger partial charge is 0.295 e. The third-order valence-electron chi connectivity index (χ3n) is 4.32. The molecule has 1 aliphatic rings. The van der Waals surface area contributed by atoms with E-state index in [0.29, 0.717) is 6.04 Å². The van der Waals surface area contributed by atoms with Gasteiger partial charge in [-0.1, -0.05) is 6.07 Å². The maximum Gasteiger partial charge on any atom is 0.0544 e. The number of hydrogen-bond donors (Lipinski definition) is 0. The number of hydrogen-bond acceptors (Lipinski definition) is 3. The minimum atomic E-state index is 0.695. The first-order chi connectivity index (χ1) is 10.3. The van der Waals surface area contributed by atoms with Crippen molar-refractivity contribution >= 4 is 0 Å². The molecule has 3 heterocycles. The summed E-state index contributed by atoms with van der Waals surface area (Å²) in [5.74, 6) is 0. The summed E-state index contributed by atoms with van der Waals surface area (Å²) in [6.45, 7) is 4.25. The van der Waals surface area contributed by atoms with Crippen LogP contribution in [0, 0.1) is 6.92 Å². The monoisotopic (exact) mass is 281 g/mol. The molecule has 110 valence electrons. The van der Waals surface area contributed by atoms with Crippen molar-refractivity contribution in [1.29, 1.82) is 0 Å². The minimum absolute atomic E-state index is 0.695. The maximum atomic E-state index is 4.46. The van der Waals surface area contributed by atoms with Crippen LogP contribution < -0.4 is 0 Å². The van der Waals surface area contributed by atoms with E-state index in [0.717, 1.165) is 18.7 Å². The quantitative estimate of drug-likeness (QED) is 0.841. The highest BCUT2D eigenvalue weighted by atomic mass is 15.2. The smallest absolute Gasteiger partial charge is 0.0544 e. The zero-order valence-corrected chi connectivity index (χ0v) is 12.7. The molecule has 1 atom stereocenters. The van der Waals surface area contributed by atoms with Crippen LogP contribution in [-0.4, -0.2) is 27.5 Å². The average Bonchev–Trinajstić information content (AvgIpc) is 2.93. The predicted octanol–water partition coefficient (Wildman–Crippen LogP) is 3.38. The molecule has 0 radical (unpaired) electrons. The van der Waals surface area contributed by atoms with E-state index >= 15 is 0 Å². The van der Waals surface area contributed by atoms with E-state index in [1.165, 1.54) is 37.1 Å². The van der Waals surface area contributed by atoms with Gasteiger partial charge in [-0.15, -0.1) is 0 Å². The summed E-state index contributed by atoms with van der Waals surface area (Å²) >= 11 is 0. The van der Waals surface area contributed by atoms with Crippen molar-refractivity contribution in [2.75, 3.05) is 6.54 Å². The van der Waals surface area contributed by atoms with Gasteiger partial charge in [0.25, 0.3) is 0 Å². The van der Waals surface area contributed by atoms with Gasteiger partial charge in [-0.05, 0) is 69.0 Å². The summed E-state index contributed by atoms with van der Waals surface area (Å²) in [5.41, 5.74) is 3.71. The van der Waals surface area contributed by atoms with Crippen molar-refractivity contribution in [2.24, 2.45) is 0 Å². The second-order valence-electron chi connectivity index (χ2n) is 5.93. The van der Waals surface area contributed by atoms with E-state index in [2.05, 4.69) is 46.1 Å². The topological polar surface area (TPSA) is 29.0 Å². The van der Waals surface area contributed by atoms with E-state index in [1.54, 1.807) is 0 Å². The van der Waals surface area contributed by atoms with Crippen LogP contribution in [-0.2, 0) is 13.0 Å². The van der Waals surface area contributed by atoms with Crippen LogP contribution >= 0.6 is 0 Å². The highest BCUT2D eigenvalue weighted by Gasteiger charge is 2.24. The van der Waals surface area contributed by atoms with Crippen molar-refractivity contribution < 1.29 is 0 Å². The Morgan fingerprint density at radius 3 is 2.95 bits per heavy atom. The molecular weight excluding hydrogens is 258 g/mol. The Balaban J connectivity index is 1.57. The fourth-order valence-corrected chi connectivity index (χ4v) is 3.22. The van der Waals surface area contributed by atoms with Gasteiger partial charge in [0, 0.05) is 30.7 Å². The first kappa shape index (κ1) is 14.2. The zero-order valence-electron chi connectivity index (χ0n) is 12.7. The van der Waals surface area contributed by atoms with Gasteiger partial charge in [0.05, 0.1) is 5.69 Å². The SMILES string of the molecule is Cc1cc(CCC2CCCN2Cc2ccccn2)ccn1. The predicted molar refractivity (Wildman–Crippen MR) is 85.0 cm³/mol. The van der Waals surface area contributed by atoms with Crippen LogP contribution in [0.5, 0.6) is 0 Å². The van der Waals surface area contributed by atoms with Crippen molar-refractivity contribution in [3.63, 3.8) is 0 Å². The second kappa shape index (κ2) is 6.81. The Hall–Kier alpha value is -1.74. The number of likely N-dealkylation sites (tertiary alicyclic amines) is 1. The second-order valence-corrected chi connectivity index (χ2v) is 5.93. The molecule has 1 fully saturated rings. The van der Waals surface area contributed by atoms with Crippen LogP contribution in [0.2, 0.25) is 0 Å². The standard InChI is InChI=1S/C18H23N3/c1-15-13-16(9-11-19-15)7-8-18-6-4-12-21(18)14-17-5-2-3-10-20-17/h2-3,5,9-11,13,18H,4,6-8,12,14H2,1H3. The van der Waals surface area contributed by atoms with Crippen LogP contribution in [0.3, 0.4) is 0 Å². The van der Waals surface area contributed by atoms with E-state index in [4.69, 9.17) is 0 Å². The first-order valence-corrected chi connectivity index (χ1v) is 7.87. The number of aryl methyl sites for hydroxylation is 2. The average molecular weight is 281 g/mol. The molecular formula is C18H23N3. The van der Waals surface area contributed by atoms with Gasteiger partial charge in [-0.2, -0.15) is 0 Å². The normalized spacial score (nSPS) is 19.0. The van der Waals surface area contributed by atoms with Crippen molar-refractivity contribution in [1.82, 2.24) is 14.9 Å². The number of rotatable bonds is 5. The summed E-state index contributed by atoms with van der Waals surface area (Å²) in [7, 11) is 0. The molecule has 0 N–H and O–H groups in total. The molecule has 0 saturated carbocycles. The van der Waals surface area contributed by atoms with Crippen LogP contribution in [0.4, 0.5) is 0 Å². The Morgan fingerprint density at radius 2 is 2.14 bits per heavy atom. The molecule has 0 aromatic carbocycles. The van der Waals surface area contributed by atoms with Crippen LogP contribution in [0.15, 0.2) is 42.7 Å². The van der Waals surface area contributed by atoms with E-state index in [9.17, 15) is 0 Å². The molecule has 0 spiro atoms. The lowest BCUT2D eigenvalue weighted by Crippen LogP contribution is -2.29. The molecule has 1 saturated heterocycles. The molecule has 1 aliphatic heterocycles. The first-order valence-electron chi connectivity index (χ1n) is 7.87. The maximum absolute atomic E-state index is 4.46. The van der Waals surface area contributed by atoms with Crippen LogP contribution in [0.25, 0.3) is 0 Å². The van der Waals surface area contributed by atoms with E-state index in [1.807, 2.05) is 18.5 Å². The molecule has 3 nitrogen and oxygen atoms in total. The van der Waals surface area contributed by atoms with Gasteiger partial charge in [0.15, 0.2) is 0 Å². The van der Waals surface area contributed by atoms with Crippen LogP contribution in [0.1, 0.15) is 36.2 Å². The lowest BCUT2D eigenvalue weighted by molar-refractivity contribution is 0.232. The number of aromatic nitrogens is 2.